The van der Waals surface area contributed by atoms with Crippen molar-refractivity contribution in [3.05, 3.63) is 42.0 Å². The Labute approximate surface area is 144 Å². The van der Waals surface area contributed by atoms with Crippen molar-refractivity contribution in [1.82, 2.24) is 0 Å². The highest BCUT2D eigenvalue weighted by molar-refractivity contribution is 7.86. The van der Waals surface area contributed by atoms with E-state index in [1.54, 1.807) is 0 Å². The van der Waals surface area contributed by atoms with Gasteiger partial charge in [0.1, 0.15) is 6.61 Å². The summed E-state index contributed by atoms with van der Waals surface area (Å²) < 4.78 is 72.5. The SMILES string of the molecule is O=C(OCC(F)C(F)(F)S(=O)(=O)O)c1ccc(N2C(=O)C=CC2=O)cc1. The Morgan fingerprint density at radius 3 is 2.12 bits per heavy atom. The molecule has 140 valence electrons. The molecule has 0 spiro atoms. The topological polar surface area (TPSA) is 118 Å². The first kappa shape index (κ1) is 19.6. The van der Waals surface area contributed by atoms with Crippen LogP contribution >= 0.6 is 0 Å². The molecule has 1 aromatic rings. The molecule has 2 rings (SSSR count). The molecule has 0 saturated carbocycles. The van der Waals surface area contributed by atoms with Crippen LogP contribution < -0.4 is 4.90 Å². The predicted octanol–water partition coefficient (Wildman–Crippen LogP) is 1.09. The van der Waals surface area contributed by atoms with Crippen molar-refractivity contribution in [2.24, 2.45) is 0 Å². The summed E-state index contributed by atoms with van der Waals surface area (Å²) in [6.07, 6.45) is -1.39. The maximum atomic E-state index is 13.3. The van der Waals surface area contributed by atoms with Crippen LogP contribution in [0, 0.1) is 0 Å². The van der Waals surface area contributed by atoms with Crippen LogP contribution in [0.5, 0.6) is 0 Å². The number of amides is 2. The lowest BCUT2D eigenvalue weighted by Gasteiger charge is -2.17. The van der Waals surface area contributed by atoms with Gasteiger partial charge in [0.05, 0.1) is 11.3 Å². The van der Waals surface area contributed by atoms with Gasteiger partial charge in [-0.3, -0.25) is 14.1 Å². The van der Waals surface area contributed by atoms with Crippen molar-refractivity contribution >= 4 is 33.6 Å². The standard InChI is InChI=1S/C14H10F3NO7S/c15-10(14(16,17)26(22,23)24)7-25-13(21)8-1-3-9(4-2-8)18-11(19)5-6-12(18)20/h1-6,10H,7H2,(H,22,23,24). The quantitative estimate of drug-likeness (QED) is 0.437. The van der Waals surface area contributed by atoms with Gasteiger partial charge in [0.2, 0.25) is 6.17 Å². The monoisotopic (exact) mass is 393 g/mol. The fourth-order valence-electron chi connectivity index (χ4n) is 1.89. The van der Waals surface area contributed by atoms with E-state index in [1.807, 2.05) is 0 Å². The number of carbonyl (C=O) groups is 3. The molecule has 1 unspecified atom stereocenters. The number of hydrogen-bond donors (Lipinski definition) is 1. The number of anilines is 1. The van der Waals surface area contributed by atoms with Crippen LogP contribution in [-0.4, -0.2) is 48.8 Å². The lowest BCUT2D eigenvalue weighted by molar-refractivity contribution is -0.119. The summed E-state index contributed by atoms with van der Waals surface area (Å²) in [5, 5.41) is -5.14. The summed E-state index contributed by atoms with van der Waals surface area (Å²) in [5.74, 6) is -2.46. The number of nitrogens with zero attached hydrogens (tertiary/aromatic N) is 1. The van der Waals surface area contributed by atoms with Gasteiger partial charge >= 0.3 is 21.3 Å². The fourth-order valence-corrected chi connectivity index (χ4v) is 2.28. The lowest BCUT2D eigenvalue weighted by atomic mass is 10.2. The highest BCUT2D eigenvalue weighted by Crippen LogP contribution is 2.28. The summed E-state index contributed by atoms with van der Waals surface area (Å²) in [6, 6.07) is 4.56. The van der Waals surface area contributed by atoms with Crippen LogP contribution in [0.1, 0.15) is 10.4 Å². The lowest BCUT2D eigenvalue weighted by Crippen LogP contribution is -2.41. The third-order valence-electron chi connectivity index (χ3n) is 3.24. The molecule has 1 aromatic carbocycles. The molecule has 26 heavy (non-hydrogen) atoms. The molecule has 1 aliphatic heterocycles. The summed E-state index contributed by atoms with van der Waals surface area (Å²) in [5.41, 5.74) is -0.106. The molecule has 2 amide bonds. The Kier molecular flexibility index (Phi) is 5.18. The molecule has 1 aliphatic rings. The number of benzene rings is 1. The molecule has 1 heterocycles. The molecule has 12 heteroatoms. The second kappa shape index (κ2) is 6.88. The number of halogens is 3. The third-order valence-corrected chi connectivity index (χ3v) is 4.18. The molecular formula is C14H10F3NO7S. The van der Waals surface area contributed by atoms with Gasteiger partial charge in [-0.1, -0.05) is 0 Å². The molecule has 0 aromatic heterocycles. The smallest absolute Gasteiger partial charge is 0.403 e. The van der Waals surface area contributed by atoms with Gasteiger partial charge in [0.15, 0.2) is 0 Å². The van der Waals surface area contributed by atoms with Gasteiger partial charge in [0, 0.05) is 12.2 Å². The van der Waals surface area contributed by atoms with E-state index in [1.165, 1.54) is 12.1 Å². The molecule has 8 nitrogen and oxygen atoms in total. The minimum absolute atomic E-state index is 0.128. The minimum Gasteiger partial charge on any atom is -0.459 e. The number of hydrogen-bond acceptors (Lipinski definition) is 6. The molecule has 0 bridgehead atoms. The number of alkyl halides is 3. The van der Waals surface area contributed by atoms with Crippen LogP contribution in [0.2, 0.25) is 0 Å². The second-order valence-electron chi connectivity index (χ2n) is 4.99. The fraction of sp³-hybridized carbons (Fsp3) is 0.214. The Morgan fingerprint density at radius 2 is 1.65 bits per heavy atom. The van der Waals surface area contributed by atoms with E-state index >= 15 is 0 Å². The number of imide groups is 1. The Balaban J connectivity index is 2.03. The van der Waals surface area contributed by atoms with Gasteiger partial charge in [-0.25, -0.2) is 14.1 Å². The molecule has 1 atom stereocenters. The maximum Gasteiger partial charge on any atom is 0.403 e. The van der Waals surface area contributed by atoms with E-state index in [-0.39, 0.29) is 11.3 Å². The largest absolute Gasteiger partial charge is 0.459 e. The van der Waals surface area contributed by atoms with Crippen molar-refractivity contribution in [3.8, 4) is 0 Å². The van der Waals surface area contributed by atoms with Crippen LogP contribution in [0.3, 0.4) is 0 Å². The van der Waals surface area contributed by atoms with Crippen LogP contribution in [-0.2, 0) is 24.4 Å². The number of carbonyl (C=O) groups excluding carboxylic acids is 3. The van der Waals surface area contributed by atoms with E-state index in [9.17, 15) is 36.0 Å². The van der Waals surface area contributed by atoms with Gasteiger partial charge in [0.25, 0.3) is 11.8 Å². The first-order valence-corrected chi connectivity index (χ1v) is 8.21. The van der Waals surface area contributed by atoms with E-state index in [4.69, 9.17) is 4.55 Å². The van der Waals surface area contributed by atoms with Gasteiger partial charge in [-0.2, -0.15) is 17.2 Å². The van der Waals surface area contributed by atoms with Gasteiger partial charge in [-0.15, -0.1) is 0 Å². The minimum atomic E-state index is -6.01. The Bertz CT molecular complexity index is 862. The first-order valence-electron chi connectivity index (χ1n) is 6.77. The summed E-state index contributed by atoms with van der Waals surface area (Å²) in [6.45, 7) is -1.62. The molecule has 0 aliphatic carbocycles. The Morgan fingerprint density at radius 1 is 1.15 bits per heavy atom. The zero-order chi connectivity index (χ0) is 19.7. The molecule has 0 saturated heterocycles. The predicted molar refractivity (Wildman–Crippen MR) is 79.7 cm³/mol. The van der Waals surface area contributed by atoms with Crippen molar-refractivity contribution in [2.75, 3.05) is 11.5 Å². The molecule has 1 N–H and O–H groups in total. The zero-order valence-corrected chi connectivity index (χ0v) is 13.5. The summed E-state index contributed by atoms with van der Waals surface area (Å²) in [4.78, 5) is 35.5. The zero-order valence-electron chi connectivity index (χ0n) is 12.6. The first-order chi connectivity index (χ1) is 11.9. The van der Waals surface area contributed by atoms with E-state index in [2.05, 4.69) is 4.74 Å². The summed E-state index contributed by atoms with van der Waals surface area (Å²) in [7, 11) is -6.01. The van der Waals surface area contributed by atoms with Gasteiger partial charge in [-0.05, 0) is 24.3 Å². The van der Waals surface area contributed by atoms with Crippen LogP contribution in [0.4, 0.5) is 18.9 Å². The van der Waals surface area contributed by atoms with Crippen LogP contribution in [0.15, 0.2) is 36.4 Å². The van der Waals surface area contributed by atoms with Crippen molar-refractivity contribution in [3.63, 3.8) is 0 Å². The average Bonchev–Trinajstić information content (AvgIpc) is 2.90. The van der Waals surface area contributed by atoms with Crippen molar-refractivity contribution in [2.45, 2.75) is 11.4 Å². The number of rotatable bonds is 6. The number of esters is 1. The molecule has 0 radical (unpaired) electrons. The number of ether oxygens (including phenoxy) is 1. The van der Waals surface area contributed by atoms with E-state index in [0.717, 1.165) is 29.2 Å². The van der Waals surface area contributed by atoms with Crippen molar-refractivity contribution in [1.29, 1.82) is 0 Å². The third kappa shape index (κ3) is 3.75. The average molecular weight is 393 g/mol. The van der Waals surface area contributed by atoms with Crippen molar-refractivity contribution < 1.29 is 45.3 Å². The van der Waals surface area contributed by atoms with Gasteiger partial charge < -0.3 is 4.74 Å². The maximum absolute atomic E-state index is 13.3. The highest BCUT2D eigenvalue weighted by atomic mass is 32.2. The second-order valence-corrected chi connectivity index (χ2v) is 6.49. The van der Waals surface area contributed by atoms with Crippen LogP contribution in [0.25, 0.3) is 0 Å². The molecule has 0 fully saturated rings. The highest BCUT2D eigenvalue weighted by Gasteiger charge is 2.53. The van der Waals surface area contributed by atoms with E-state index in [0.29, 0.717) is 0 Å². The summed E-state index contributed by atoms with van der Waals surface area (Å²) >= 11 is 0. The molecular weight excluding hydrogens is 383 g/mol. The normalized spacial score (nSPS) is 16.1. The van der Waals surface area contributed by atoms with E-state index < -0.39 is 45.9 Å². The Hall–Kier alpha value is -2.73.